The Hall–Kier alpha value is -2.40. The van der Waals surface area contributed by atoms with Crippen LogP contribution in [0.4, 0.5) is 0 Å². The summed E-state index contributed by atoms with van der Waals surface area (Å²) in [6.07, 6.45) is 1.75. The average Bonchev–Trinajstić information content (AvgIpc) is 2.62. The van der Waals surface area contributed by atoms with Crippen LogP contribution in [0.2, 0.25) is 0 Å². The number of benzene rings is 2. The summed E-state index contributed by atoms with van der Waals surface area (Å²) in [6.45, 7) is 4.10. The van der Waals surface area contributed by atoms with Crippen LogP contribution in [0.1, 0.15) is 29.7 Å². The van der Waals surface area contributed by atoms with Crippen molar-refractivity contribution in [3.8, 4) is 34.1 Å². The molecule has 1 heterocycles. The third kappa shape index (κ3) is 2.26. The van der Waals surface area contributed by atoms with Gasteiger partial charge in [0.1, 0.15) is 0 Å². The summed E-state index contributed by atoms with van der Waals surface area (Å²) in [4.78, 5) is 2.43. The van der Waals surface area contributed by atoms with E-state index < -0.39 is 0 Å². The summed E-state index contributed by atoms with van der Waals surface area (Å²) in [5.74, 6) is 1.21. The van der Waals surface area contributed by atoms with Gasteiger partial charge in [-0.2, -0.15) is 0 Å². The molecule has 0 saturated carbocycles. The minimum atomic E-state index is 0.131. The van der Waals surface area contributed by atoms with Crippen LogP contribution in [0.25, 0.3) is 11.1 Å². The van der Waals surface area contributed by atoms with E-state index in [1.54, 1.807) is 13.2 Å². The van der Waals surface area contributed by atoms with Crippen molar-refractivity contribution < 1.29 is 19.7 Å². The van der Waals surface area contributed by atoms with Crippen molar-refractivity contribution in [2.75, 3.05) is 27.3 Å². The fourth-order valence-electron chi connectivity index (χ4n) is 4.33. The SMILES string of the molecule is CCN1CCc2cc(OC)c(O)c3c2C1Cc1cc(O)c(OC)cc1-3. The summed E-state index contributed by atoms with van der Waals surface area (Å²) in [6, 6.07) is 5.76. The maximum atomic E-state index is 10.9. The van der Waals surface area contributed by atoms with Crippen molar-refractivity contribution in [3.63, 3.8) is 0 Å². The zero-order chi connectivity index (χ0) is 17.7. The molecule has 2 N–H and O–H groups in total. The predicted octanol–water partition coefficient (Wildman–Crippen LogP) is 3.26. The minimum Gasteiger partial charge on any atom is -0.504 e. The smallest absolute Gasteiger partial charge is 0.166 e. The summed E-state index contributed by atoms with van der Waals surface area (Å²) >= 11 is 0. The highest BCUT2D eigenvalue weighted by molar-refractivity contribution is 5.84. The largest absolute Gasteiger partial charge is 0.504 e. The molecule has 0 saturated heterocycles. The summed E-state index contributed by atoms with van der Waals surface area (Å²) in [5, 5.41) is 21.1. The van der Waals surface area contributed by atoms with Crippen LogP contribution in [-0.4, -0.2) is 42.4 Å². The van der Waals surface area contributed by atoms with E-state index in [9.17, 15) is 10.2 Å². The maximum Gasteiger partial charge on any atom is 0.166 e. The Balaban J connectivity index is 2.04. The van der Waals surface area contributed by atoms with Gasteiger partial charge in [0.2, 0.25) is 0 Å². The third-order valence-electron chi connectivity index (χ3n) is 5.55. The molecule has 5 heteroatoms. The highest BCUT2D eigenvalue weighted by Gasteiger charge is 2.37. The number of phenols is 2. The van der Waals surface area contributed by atoms with E-state index in [1.807, 2.05) is 12.1 Å². The van der Waals surface area contributed by atoms with E-state index in [-0.39, 0.29) is 17.5 Å². The first-order valence-electron chi connectivity index (χ1n) is 8.66. The van der Waals surface area contributed by atoms with Gasteiger partial charge in [0.15, 0.2) is 23.0 Å². The van der Waals surface area contributed by atoms with Crippen LogP contribution in [0.3, 0.4) is 0 Å². The number of nitrogens with zero attached hydrogens (tertiary/aromatic N) is 1. The first kappa shape index (κ1) is 16.1. The Morgan fingerprint density at radius 3 is 2.52 bits per heavy atom. The third-order valence-corrected chi connectivity index (χ3v) is 5.55. The quantitative estimate of drug-likeness (QED) is 0.897. The lowest BCUT2D eigenvalue weighted by molar-refractivity contribution is 0.192. The van der Waals surface area contributed by atoms with Crippen LogP contribution in [0.5, 0.6) is 23.0 Å². The Morgan fingerprint density at radius 1 is 1.08 bits per heavy atom. The Kier molecular flexibility index (Phi) is 3.76. The Morgan fingerprint density at radius 2 is 1.84 bits per heavy atom. The molecule has 0 bridgehead atoms. The van der Waals surface area contributed by atoms with Crippen LogP contribution < -0.4 is 9.47 Å². The van der Waals surface area contributed by atoms with E-state index in [1.165, 1.54) is 18.2 Å². The lowest BCUT2D eigenvalue weighted by Gasteiger charge is -2.41. The number of aromatic hydroxyl groups is 2. The van der Waals surface area contributed by atoms with Gasteiger partial charge in [0, 0.05) is 18.2 Å². The molecule has 4 rings (SSSR count). The number of likely N-dealkylation sites (N-methyl/N-ethyl adjacent to an activating group) is 1. The van der Waals surface area contributed by atoms with Gasteiger partial charge in [-0.15, -0.1) is 0 Å². The first-order valence-corrected chi connectivity index (χ1v) is 8.66. The molecular formula is C20H23NO4. The van der Waals surface area contributed by atoms with Gasteiger partial charge < -0.3 is 19.7 Å². The van der Waals surface area contributed by atoms with Crippen molar-refractivity contribution in [1.82, 2.24) is 4.90 Å². The number of hydrogen-bond acceptors (Lipinski definition) is 5. The van der Waals surface area contributed by atoms with Crippen molar-refractivity contribution in [2.45, 2.75) is 25.8 Å². The second kappa shape index (κ2) is 5.85. The van der Waals surface area contributed by atoms with E-state index in [0.29, 0.717) is 11.5 Å². The lowest BCUT2D eigenvalue weighted by Crippen LogP contribution is -2.38. The van der Waals surface area contributed by atoms with Crippen LogP contribution in [0, 0.1) is 0 Å². The first-order chi connectivity index (χ1) is 12.1. The van der Waals surface area contributed by atoms with Gasteiger partial charge in [-0.3, -0.25) is 4.90 Å². The second-order valence-electron chi connectivity index (χ2n) is 6.65. The number of fused-ring (bicyclic) bond motifs is 2. The molecule has 2 aromatic carbocycles. The summed E-state index contributed by atoms with van der Waals surface area (Å²) in [7, 11) is 3.11. The molecule has 0 radical (unpaired) electrons. The lowest BCUT2D eigenvalue weighted by atomic mass is 9.76. The zero-order valence-corrected chi connectivity index (χ0v) is 14.8. The van der Waals surface area contributed by atoms with Gasteiger partial charge in [-0.1, -0.05) is 6.92 Å². The average molecular weight is 341 g/mol. The molecule has 2 aromatic rings. The molecule has 0 spiro atoms. The van der Waals surface area contributed by atoms with Gasteiger partial charge in [-0.25, -0.2) is 0 Å². The molecule has 1 atom stereocenters. The summed E-state index contributed by atoms with van der Waals surface area (Å²) < 4.78 is 10.7. The molecule has 1 aliphatic heterocycles. The van der Waals surface area contributed by atoms with E-state index >= 15 is 0 Å². The maximum absolute atomic E-state index is 10.9. The molecular weight excluding hydrogens is 318 g/mol. The highest BCUT2D eigenvalue weighted by Crippen LogP contribution is 2.53. The minimum absolute atomic E-state index is 0.131. The number of methoxy groups -OCH3 is 2. The highest BCUT2D eigenvalue weighted by atomic mass is 16.5. The molecule has 0 fully saturated rings. The number of hydrogen-bond donors (Lipinski definition) is 2. The van der Waals surface area contributed by atoms with E-state index in [2.05, 4.69) is 11.8 Å². The summed E-state index contributed by atoms with van der Waals surface area (Å²) in [5.41, 5.74) is 5.17. The Bertz CT molecular complexity index is 846. The molecule has 5 nitrogen and oxygen atoms in total. The molecule has 1 unspecified atom stereocenters. The fraction of sp³-hybridized carbons (Fsp3) is 0.400. The molecule has 0 aromatic heterocycles. The van der Waals surface area contributed by atoms with Crippen molar-refractivity contribution in [1.29, 1.82) is 0 Å². The molecule has 25 heavy (non-hydrogen) atoms. The van der Waals surface area contributed by atoms with Crippen molar-refractivity contribution >= 4 is 0 Å². The van der Waals surface area contributed by atoms with E-state index in [4.69, 9.17) is 9.47 Å². The van der Waals surface area contributed by atoms with Gasteiger partial charge in [-0.05, 0) is 59.8 Å². The van der Waals surface area contributed by atoms with Crippen molar-refractivity contribution in [3.05, 3.63) is 34.9 Å². The van der Waals surface area contributed by atoms with Crippen LogP contribution in [-0.2, 0) is 12.8 Å². The normalized spacial score (nSPS) is 18.4. The number of ether oxygens (including phenoxy) is 2. The molecule has 0 amide bonds. The fourth-order valence-corrected chi connectivity index (χ4v) is 4.33. The number of phenolic OH excluding ortho intramolecular Hbond substituents is 2. The zero-order valence-electron chi connectivity index (χ0n) is 14.8. The second-order valence-corrected chi connectivity index (χ2v) is 6.65. The molecule has 1 aliphatic carbocycles. The van der Waals surface area contributed by atoms with Crippen LogP contribution in [0.15, 0.2) is 18.2 Å². The molecule has 2 aliphatic rings. The molecule has 132 valence electrons. The Labute approximate surface area is 147 Å². The van der Waals surface area contributed by atoms with Crippen LogP contribution >= 0.6 is 0 Å². The van der Waals surface area contributed by atoms with E-state index in [0.717, 1.165) is 42.6 Å². The number of rotatable bonds is 3. The topological polar surface area (TPSA) is 62.2 Å². The monoisotopic (exact) mass is 341 g/mol. The van der Waals surface area contributed by atoms with Gasteiger partial charge >= 0.3 is 0 Å². The van der Waals surface area contributed by atoms with Gasteiger partial charge in [0.25, 0.3) is 0 Å². The standard InChI is InChI=1S/C20H23NO4/c1-4-21-6-5-11-9-17(25-3)20(23)19-13-10-16(24-2)15(22)8-12(13)7-14(21)18(11)19/h8-10,14,22-23H,4-7H2,1-3H3. The predicted molar refractivity (Wildman–Crippen MR) is 95.7 cm³/mol. The van der Waals surface area contributed by atoms with Crippen molar-refractivity contribution in [2.24, 2.45) is 0 Å². The van der Waals surface area contributed by atoms with Gasteiger partial charge in [0.05, 0.1) is 14.2 Å².